The Kier molecular flexibility index (Phi) is 5.45. The molecule has 1 nitrogen and oxygen atoms in total. The van der Waals surface area contributed by atoms with Gasteiger partial charge >= 0.3 is 0 Å². The summed E-state index contributed by atoms with van der Waals surface area (Å²) >= 11 is 0. The Morgan fingerprint density at radius 2 is 2.00 bits per heavy atom. The fourth-order valence-electron chi connectivity index (χ4n) is 7.87. The Morgan fingerprint density at radius 1 is 1.21 bits per heavy atom. The summed E-state index contributed by atoms with van der Waals surface area (Å²) in [5, 5.41) is 10.1. The molecule has 4 aliphatic carbocycles. The largest absolute Gasteiger partial charge is 0.389 e. The van der Waals surface area contributed by atoms with Gasteiger partial charge in [-0.05, 0) is 106 Å². The molecule has 0 heterocycles. The van der Waals surface area contributed by atoms with Crippen molar-refractivity contribution >= 4 is 0 Å². The average molecular weight is 383 g/mol. The minimum atomic E-state index is -0.223. The van der Waals surface area contributed by atoms with Gasteiger partial charge in [-0.2, -0.15) is 0 Å². The molecule has 28 heavy (non-hydrogen) atoms. The van der Waals surface area contributed by atoms with E-state index in [9.17, 15) is 5.11 Å². The van der Waals surface area contributed by atoms with Crippen molar-refractivity contribution in [2.75, 3.05) is 0 Å². The smallest absolute Gasteiger partial charge is 0.0724 e. The Labute approximate surface area is 173 Å². The van der Waals surface area contributed by atoms with Gasteiger partial charge in [0.05, 0.1) is 6.10 Å². The quantitative estimate of drug-likeness (QED) is 0.515. The van der Waals surface area contributed by atoms with Crippen molar-refractivity contribution in [3.63, 3.8) is 0 Å². The van der Waals surface area contributed by atoms with Crippen molar-refractivity contribution in [1.29, 1.82) is 0 Å². The van der Waals surface area contributed by atoms with Crippen LogP contribution in [0.3, 0.4) is 0 Å². The van der Waals surface area contributed by atoms with Crippen LogP contribution < -0.4 is 0 Å². The van der Waals surface area contributed by atoms with Crippen molar-refractivity contribution in [2.45, 2.75) is 92.1 Å². The van der Waals surface area contributed by atoms with E-state index in [1.807, 2.05) is 5.57 Å². The maximum atomic E-state index is 10.1. The Hall–Kier alpha value is -0.820. The highest BCUT2D eigenvalue weighted by Gasteiger charge is 2.57. The second kappa shape index (κ2) is 7.46. The summed E-state index contributed by atoms with van der Waals surface area (Å²) in [6.45, 7) is 12.1. The lowest BCUT2D eigenvalue weighted by Gasteiger charge is -2.56. The molecule has 0 unspecified atom stereocenters. The van der Waals surface area contributed by atoms with Crippen LogP contribution in [0.25, 0.3) is 0 Å². The molecular weight excluding hydrogens is 340 g/mol. The topological polar surface area (TPSA) is 20.2 Å². The van der Waals surface area contributed by atoms with Gasteiger partial charge in [0, 0.05) is 0 Å². The van der Waals surface area contributed by atoms with Crippen molar-refractivity contribution in [2.24, 2.45) is 40.4 Å². The first-order chi connectivity index (χ1) is 13.3. The minimum absolute atomic E-state index is 0.223. The molecule has 4 aliphatic rings. The van der Waals surface area contributed by atoms with Crippen LogP contribution in [-0.4, -0.2) is 11.2 Å². The standard InChI is InChI=1S/C27H42O/c1-18(2)7-6-8-19(3)23-11-12-24-22-10-9-20-17-21(28)13-15-26(20,4)25(22)14-16-27(23,24)5/h7,10,13,15,19-21,23-25,28H,6,8-9,11-12,14,16-17H2,1-5H3/t19-,20-,21+,23-,24+,25+,26+,27-/m1/s1. The van der Waals surface area contributed by atoms with E-state index in [1.165, 1.54) is 50.5 Å². The van der Waals surface area contributed by atoms with E-state index in [4.69, 9.17) is 0 Å². The molecule has 1 N–H and O–H groups in total. The number of hydrogen-bond donors (Lipinski definition) is 1. The van der Waals surface area contributed by atoms with Gasteiger partial charge in [-0.25, -0.2) is 0 Å². The molecule has 0 aromatic carbocycles. The van der Waals surface area contributed by atoms with Gasteiger partial charge in [-0.1, -0.05) is 56.2 Å². The second-order valence-corrected chi connectivity index (χ2v) is 11.3. The summed E-state index contributed by atoms with van der Waals surface area (Å²) in [5.41, 5.74) is 4.06. The number of hydrogen-bond acceptors (Lipinski definition) is 1. The van der Waals surface area contributed by atoms with Crippen LogP contribution in [0.15, 0.2) is 35.5 Å². The summed E-state index contributed by atoms with van der Waals surface area (Å²) < 4.78 is 0. The monoisotopic (exact) mass is 382 g/mol. The zero-order valence-electron chi connectivity index (χ0n) is 18.9. The zero-order valence-corrected chi connectivity index (χ0v) is 18.9. The van der Waals surface area contributed by atoms with Gasteiger partial charge < -0.3 is 5.11 Å². The van der Waals surface area contributed by atoms with Crippen molar-refractivity contribution in [3.8, 4) is 0 Å². The fraction of sp³-hybridized carbons (Fsp3) is 0.778. The van der Waals surface area contributed by atoms with Gasteiger partial charge in [0.2, 0.25) is 0 Å². The van der Waals surface area contributed by atoms with E-state index >= 15 is 0 Å². The van der Waals surface area contributed by atoms with Crippen LogP contribution in [0.5, 0.6) is 0 Å². The third-order valence-electron chi connectivity index (χ3n) is 9.52. The van der Waals surface area contributed by atoms with Gasteiger partial charge in [0.25, 0.3) is 0 Å². The predicted molar refractivity (Wildman–Crippen MR) is 119 cm³/mol. The predicted octanol–water partition coefficient (Wildman–Crippen LogP) is 7.08. The molecule has 2 saturated carbocycles. The number of allylic oxidation sites excluding steroid dienone is 5. The van der Waals surface area contributed by atoms with Crippen molar-refractivity contribution in [3.05, 3.63) is 35.5 Å². The van der Waals surface area contributed by atoms with Crippen LogP contribution in [-0.2, 0) is 0 Å². The van der Waals surface area contributed by atoms with E-state index < -0.39 is 0 Å². The molecule has 0 aromatic heterocycles. The molecule has 0 saturated heterocycles. The maximum absolute atomic E-state index is 10.1. The highest BCUT2D eigenvalue weighted by molar-refractivity contribution is 5.31. The van der Waals surface area contributed by atoms with E-state index in [0.29, 0.717) is 17.3 Å². The normalized spacial score (nSPS) is 45.5. The van der Waals surface area contributed by atoms with Crippen LogP contribution >= 0.6 is 0 Å². The van der Waals surface area contributed by atoms with Crippen LogP contribution in [0.1, 0.15) is 86.0 Å². The second-order valence-electron chi connectivity index (χ2n) is 11.3. The Bertz CT molecular complexity index is 680. The highest BCUT2D eigenvalue weighted by atomic mass is 16.3. The Morgan fingerprint density at radius 3 is 2.75 bits per heavy atom. The summed E-state index contributed by atoms with van der Waals surface area (Å²) in [6, 6.07) is 0. The highest BCUT2D eigenvalue weighted by Crippen LogP contribution is 2.66. The molecule has 156 valence electrons. The fourth-order valence-corrected chi connectivity index (χ4v) is 7.87. The molecule has 0 spiro atoms. The van der Waals surface area contributed by atoms with E-state index in [2.05, 4.69) is 58.9 Å². The molecule has 1 heteroatoms. The number of aliphatic hydroxyl groups excluding tert-OH is 1. The molecule has 0 aromatic rings. The third kappa shape index (κ3) is 3.26. The maximum Gasteiger partial charge on any atom is 0.0724 e. The van der Waals surface area contributed by atoms with E-state index in [-0.39, 0.29) is 11.5 Å². The molecule has 0 bridgehead atoms. The van der Waals surface area contributed by atoms with Crippen LogP contribution in [0.2, 0.25) is 0 Å². The Balaban J connectivity index is 1.54. The van der Waals surface area contributed by atoms with Gasteiger partial charge in [0.1, 0.15) is 0 Å². The van der Waals surface area contributed by atoms with Crippen molar-refractivity contribution < 1.29 is 5.11 Å². The van der Waals surface area contributed by atoms with Gasteiger partial charge in [0.15, 0.2) is 0 Å². The summed E-state index contributed by atoms with van der Waals surface area (Å²) in [7, 11) is 0. The molecule has 0 radical (unpaired) electrons. The number of aliphatic hydroxyl groups is 1. The summed E-state index contributed by atoms with van der Waals surface area (Å²) in [6.07, 6.45) is 19.7. The molecule has 4 rings (SSSR count). The first-order valence-electron chi connectivity index (χ1n) is 12.0. The first kappa shape index (κ1) is 20.5. The molecule has 8 atom stereocenters. The number of fused-ring (bicyclic) bond motifs is 5. The van der Waals surface area contributed by atoms with Gasteiger partial charge in [-0.3, -0.25) is 0 Å². The van der Waals surface area contributed by atoms with E-state index in [1.54, 1.807) is 0 Å². The summed E-state index contributed by atoms with van der Waals surface area (Å²) in [4.78, 5) is 0. The molecule has 0 aliphatic heterocycles. The number of rotatable bonds is 4. The lowest BCUT2D eigenvalue weighted by atomic mass is 9.49. The van der Waals surface area contributed by atoms with Gasteiger partial charge in [-0.15, -0.1) is 0 Å². The summed E-state index contributed by atoms with van der Waals surface area (Å²) in [5.74, 6) is 3.87. The first-order valence-corrected chi connectivity index (χ1v) is 12.0. The lowest BCUT2D eigenvalue weighted by Crippen LogP contribution is -2.48. The minimum Gasteiger partial charge on any atom is -0.389 e. The molecule has 2 fully saturated rings. The van der Waals surface area contributed by atoms with Crippen LogP contribution in [0.4, 0.5) is 0 Å². The zero-order chi connectivity index (χ0) is 20.1. The van der Waals surface area contributed by atoms with Crippen molar-refractivity contribution in [1.82, 2.24) is 0 Å². The third-order valence-corrected chi connectivity index (χ3v) is 9.52. The van der Waals surface area contributed by atoms with E-state index in [0.717, 1.165) is 24.2 Å². The average Bonchev–Trinajstić information content (AvgIpc) is 2.99. The molecular formula is C27H42O. The molecule has 0 amide bonds. The van der Waals surface area contributed by atoms with Crippen LogP contribution in [0, 0.1) is 40.4 Å². The lowest BCUT2D eigenvalue weighted by molar-refractivity contribution is 0.0185. The SMILES string of the molecule is CC(C)=CCC[C@@H](C)[C@H]1CC[C@H]2C3=CC[C@@H]4C[C@@H](O)C=C[C@]4(C)[C@H]3CC[C@]12C.